The second-order valence-electron chi connectivity index (χ2n) is 24.1. The zero-order chi connectivity index (χ0) is 56.4. The second-order valence-corrected chi connectivity index (χ2v) is 24.1. The zero-order valence-corrected chi connectivity index (χ0v) is 53.0. The Kier molecular flexibility index (Phi) is 65.6. The normalized spacial score (nSPS) is 12.1. The van der Waals surface area contributed by atoms with Crippen molar-refractivity contribution >= 4 is 17.9 Å². The molecule has 0 aliphatic heterocycles. The summed E-state index contributed by atoms with van der Waals surface area (Å²) in [5.41, 5.74) is 0. The predicted molar refractivity (Wildman–Crippen MR) is 340 cm³/mol. The SMILES string of the molecule is CCCCCCC/C=C\CCCCCCCC(=O)OCC(COC(=O)CCCCCCCCCCCCCCC/C=C\CCCCCCCCCC)OC(=O)CCCCCCCCCCCCCCCCCCCCCCC. The van der Waals surface area contributed by atoms with E-state index in [1.54, 1.807) is 0 Å². The first kappa shape index (κ1) is 75.9. The molecule has 0 N–H and O–H groups in total. The maximum absolute atomic E-state index is 12.9. The molecule has 0 rings (SSSR count). The number of unbranched alkanes of at least 4 members (excludes halogenated alkanes) is 51. The van der Waals surface area contributed by atoms with E-state index in [-0.39, 0.29) is 31.1 Å². The number of carbonyl (C=O) groups is 3. The van der Waals surface area contributed by atoms with Crippen molar-refractivity contribution in [2.45, 2.75) is 406 Å². The summed E-state index contributed by atoms with van der Waals surface area (Å²) in [6.45, 7) is 6.71. The van der Waals surface area contributed by atoms with E-state index in [0.717, 1.165) is 64.2 Å². The van der Waals surface area contributed by atoms with Crippen LogP contribution >= 0.6 is 0 Å². The van der Waals surface area contributed by atoms with Crippen LogP contribution < -0.4 is 0 Å². The van der Waals surface area contributed by atoms with E-state index in [1.165, 1.54) is 295 Å². The minimum Gasteiger partial charge on any atom is -0.462 e. The van der Waals surface area contributed by atoms with Crippen molar-refractivity contribution in [1.29, 1.82) is 0 Å². The smallest absolute Gasteiger partial charge is 0.306 e. The van der Waals surface area contributed by atoms with Crippen LogP contribution in [-0.2, 0) is 28.6 Å². The highest BCUT2D eigenvalue weighted by Crippen LogP contribution is 2.19. The number of hydrogen-bond donors (Lipinski definition) is 0. The lowest BCUT2D eigenvalue weighted by Crippen LogP contribution is -2.30. The predicted octanol–water partition coefficient (Wildman–Crippen LogP) is 24.2. The van der Waals surface area contributed by atoms with Crippen LogP contribution in [0.2, 0.25) is 0 Å². The quantitative estimate of drug-likeness (QED) is 0.0261. The maximum Gasteiger partial charge on any atom is 0.306 e. The van der Waals surface area contributed by atoms with Crippen molar-refractivity contribution in [3.05, 3.63) is 24.3 Å². The van der Waals surface area contributed by atoms with Crippen molar-refractivity contribution in [3.8, 4) is 0 Å². The van der Waals surface area contributed by atoms with Crippen molar-refractivity contribution in [2.75, 3.05) is 13.2 Å². The molecule has 1 atom stereocenters. The van der Waals surface area contributed by atoms with Crippen LogP contribution in [-0.4, -0.2) is 37.2 Å². The molecule has 0 aromatic carbocycles. The molecule has 0 aromatic heterocycles. The van der Waals surface area contributed by atoms with Gasteiger partial charge in [0, 0.05) is 19.3 Å². The lowest BCUT2D eigenvalue weighted by atomic mass is 10.0. The van der Waals surface area contributed by atoms with Gasteiger partial charge >= 0.3 is 17.9 Å². The van der Waals surface area contributed by atoms with Crippen molar-refractivity contribution in [1.82, 2.24) is 0 Å². The Bertz CT molecular complexity index is 1260. The maximum atomic E-state index is 12.9. The Hall–Kier alpha value is -2.11. The second kappa shape index (κ2) is 67.4. The first-order valence-corrected chi connectivity index (χ1v) is 35.3. The largest absolute Gasteiger partial charge is 0.462 e. The fourth-order valence-corrected chi connectivity index (χ4v) is 10.8. The van der Waals surface area contributed by atoms with Gasteiger partial charge in [0.1, 0.15) is 13.2 Å². The summed E-state index contributed by atoms with van der Waals surface area (Å²) in [5, 5.41) is 0. The molecule has 0 saturated carbocycles. The highest BCUT2D eigenvalue weighted by Gasteiger charge is 2.19. The number of hydrogen-bond acceptors (Lipinski definition) is 6. The van der Waals surface area contributed by atoms with Crippen molar-refractivity contribution in [3.63, 3.8) is 0 Å². The lowest BCUT2D eigenvalue weighted by Gasteiger charge is -2.18. The summed E-state index contributed by atoms with van der Waals surface area (Å²) < 4.78 is 17.0. The van der Waals surface area contributed by atoms with Gasteiger partial charge in [0.25, 0.3) is 0 Å². The average Bonchev–Trinajstić information content (AvgIpc) is 3.44. The number of allylic oxidation sites excluding steroid dienone is 4. The zero-order valence-electron chi connectivity index (χ0n) is 53.0. The fourth-order valence-electron chi connectivity index (χ4n) is 10.8. The van der Waals surface area contributed by atoms with Gasteiger partial charge in [-0.25, -0.2) is 0 Å². The van der Waals surface area contributed by atoms with E-state index in [1.807, 2.05) is 0 Å². The van der Waals surface area contributed by atoms with Gasteiger partial charge in [-0.05, 0) is 70.6 Å². The van der Waals surface area contributed by atoms with E-state index in [9.17, 15) is 14.4 Å². The number of ether oxygens (including phenoxy) is 3. The summed E-state index contributed by atoms with van der Waals surface area (Å²) in [4.78, 5) is 38.4. The Labute approximate surface area is 487 Å². The van der Waals surface area contributed by atoms with Crippen molar-refractivity contribution in [2.24, 2.45) is 0 Å². The molecule has 1 unspecified atom stereocenters. The summed E-state index contributed by atoms with van der Waals surface area (Å²) in [6, 6.07) is 0. The van der Waals surface area contributed by atoms with Crippen LogP contribution in [0.4, 0.5) is 0 Å². The molecule has 6 nitrogen and oxygen atoms in total. The van der Waals surface area contributed by atoms with Crippen LogP contribution in [0.5, 0.6) is 0 Å². The molecule has 0 saturated heterocycles. The molecule has 460 valence electrons. The minimum atomic E-state index is -0.772. The monoisotopic (exact) mass is 1100 g/mol. The lowest BCUT2D eigenvalue weighted by molar-refractivity contribution is -0.167. The molecular weight excluding hydrogens is 961 g/mol. The molecule has 0 heterocycles. The van der Waals surface area contributed by atoms with Crippen LogP contribution in [0.15, 0.2) is 24.3 Å². The molecule has 0 aromatic rings. The molecule has 0 fully saturated rings. The number of carbonyl (C=O) groups excluding carboxylic acids is 3. The van der Waals surface area contributed by atoms with E-state index in [2.05, 4.69) is 45.1 Å². The van der Waals surface area contributed by atoms with Gasteiger partial charge < -0.3 is 14.2 Å². The van der Waals surface area contributed by atoms with Gasteiger partial charge in [-0.1, -0.05) is 334 Å². The van der Waals surface area contributed by atoms with Gasteiger partial charge in [0.2, 0.25) is 0 Å². The van der Waals surface area contributed by atoms with E-state index >= 15 is 0 Å². The Morgan fingerprint density at radius 3 is 0.641 bits per heavy atom. The first-order chi connectivity index (χ1) is 38.5. The standard InChI is InChI=1S/C72H136O6/c1-4-7-10-13-16-19-22-25-28-30-32-34-35-36-37-39-40-42-44-47-50-53-56-59-62-65-71(74)77-68-69(67-76-70(73)64-61-58-55-52-49-46-27-24-21-18-15-12-9-6-3)78-72(75)66-63-60-57-54-51-48-45-43-41-38-33-31-29-26-23-20-17-14-11-8-5-2/h24,27,30,32,69H,4-23,25-26,28-29,31,33-68H2,1-3H3/b27-24-,32-30-. The highest BCUT2D eigenvalue weighted by atomic mass is 16.6. The number of rotatable bonds is 66. The van der Waals surface area contributed by atoms with Crippen molar-refractivity contribution < 1.29 is 28.6 Å². The van der Waals surface area contributed by atoms with Crippen LogP contribution in [0.1, 0.15) is 400 Å². The van der Waals surface area contributed by atoms with E-state index < -0.39 is 6.10 Å². The summed E-state index contributed by atoms with van der Waals surface area (Å²) in [5.74, 6) is -0.845. The average molecular weight is 1100 g/mol. The third-order valence-electron chi connectivity index (χ3n) is 16.2. The van der Waals surface area contributed by atoms with Crippen LogP contribution in [0.3, 0.4) is 0 Å². The Balaban J connectivity index is 4.24. The van der Waals surface area contributed by atoms with E-state index in [0.29, 0.717) is 19.3 Å². The fraction of sp³-hybridized carbons (Fsp3) is 0.903. The van der Waals surface area contributed by atoms with Crippen LogP contribution in [0, 0.1) is 0 Å². The number of esters is 3. The molecular formula is C72H136O6. The molecule has 78 heavy (non-hydrogen) atoms. The van der Waals surface area contributed by atoms with Gasteiger partial charge in [-0.3, -0.25) is 14.4 Å². The molecule has 0 amide bonds. The van der Waals surface area contributed by atoms with Gasteiger partial charge in [0.15, 0.2) is 6.10 Å². The first-order valence-electron chi connectivity index (χ1n) is 35.3. The third-order valence-corrected chi connectivity index (χ3v) is 16.2. The molecule has 0 radical (unpaired) electrons. The molecule has 0 aliphatic rings. The van der Waals surface area contributed by atoms with Gasteiger partial charge in [-0.2, -0.15) is 0 Å². The molecule has 0 bridgehead atoms. The molecule has 0 spiro atoms. The van der Waals surface area contributed by atoms with Gasteiger partial charge in [0.05, 0.1) is 0 Å². The summed E-state index contributed by atoms with van der Waals surface area (Å²) >= 11 is 0. The molecule has 0 aliphatic carbocycles. The molecule has 6 heteroatoms. The Morgan fingerprint density at radius 2 is 0.423 bits per heavy atom. The Morgan fingerprint density at radius 1 is 0.244 bits per heavy atom. The van der Waals surface area contributed by atoms with Gasteiger partial charge in [-0.15, -0.1) is 0 Å². The summed E-state index contributed by atoms with van der Waals surface area (Å²) in [6.07, 6.45) is 82.1. The summed E-state index contributed by atoms with van der Waals surface area (Å²) in [7, 11) is 0. The minimum absolute atomic E-state index is 0.0682. The van der Waals surface area contributed by atoms with E-state index in [4.69, 9.17) is 14.2 Å². The topological polar surface area (TPSA) is 78.9 Å². The third kappa shape index (κ3) is 64.7. The van der Waals surface area contributed by atoms with Crippen LogP contribution in [0.25, 0.3) is 0 Å². The highest BCUT2D eigenvalue weighted by molar-refractivity contribution is 5.71.